The maximum atomic E-state index is 12.7. The van der Waals surface area contributed by atoms with Crippen molar-refractivity contribution in [1.29, 1.82) is 0 Å². The van der Waals surface area contributed by atoms with Crippen molar-refractivity contribution < 1.29 is 9.59 Å². The average molecular weight is 418 g/mol. The third kappa shape index (κ3) is 4.88. The average Bonchev–Trinajstić information content (AvgIpc) is 3.14. The fourth-order valence-electron chi connectivity index (χ4n) is 4.76. The van der Waals surface area contributed by atoms with Gasteiger partial charge in [-0.05, 0) is 64.4 Å². The molecule has 2 amide bonds. The van der Waals surface area contributed by atoms with Gasteiger partial charge in [-0.3, -0.25) is 19.2 Å². The summed E-state index contributed by atoms with van der Waals surface area (Å²) in [6.07, 6.45) is 4.40. The van der Waals surface area contributed by atoms with Crippen LogP contribution in [0.4, 0.5) is 0 Å². The van der Waals surface area contributed by atoms with E-state index in [9.17, 15) is 9.59 Å². The third-order valence-electron chi connectivity index (χ3n) is 6.95. The standard InChI is InChI=1S/C23H39N5O2/c1-15(2)19-12-20(27(7)25-19)22(30)24-13-16-10-17-8-9-18(11-16)28(17)14-21(29)26(6)23(3,4)5/h12,15-18H,8-11,13-14H2,1-7H3,(H,24,30)/t16?,17-,18+. The van der Waals surface area contributed by atoms with Crippen molar-refractivity contribution >= 4 is 11.8 Å². The number of amides is 2. The van der Waals surface area contributed by atoms with E-state index in [-0.39, 0.29) is 17.4 Å². The molecule has 0 spiro atoms. The van der Waals surface area contributed by atoms with Gasteiger partial charge < -0.3 is 10.2 Å². The number of fused-ring (bicyclic) bond motifs is 2. The molecule has 3 heterocycles. The first-order valence-electron chi connectivity index (χ1n) is 11.3. The van der Waals surface area contributed by atoms with E-state index in [1.54, 1.807) is 4.68 Å². The number of hydrogen-bond donors (Lipinski definition) is 1. The molecule has 0 aliphatic carbocycles. The molecule has 3 atom stereocenters. The summed E-state index contributed by atoms with van der Waals surface area (Å²) >= 11 is 0. The van der Waals surface area contributed by atoms with E-state index < -0.39 is 0 Å². The molecule has 2 fully saturated rings. The van der Waals surface area contributed by atoms with Crippen LogP contribution in [0, 0.1) is 5.92 Å². The Morgan fingerprint density at radius 2 is 1.83 bits per heavy atom. The molecule has 3 rings (SSSR count). The van der Waals surface area contributed by atoms with Crippen LogP contribution in [-0.4, -0.2) is 69.2 Å². The lowest BCUT2D eigenvalue weighted by Gasteiger charge is -2.40. The van der Waals surface area contributed by atoms with Crippen molar-refractivity contribution in [3.63, 3.8) is 0 Å². The molecule has 2 saturated heterocycles. The van der Waals surface area contributed by atoms with Crippen molar-refractivity contribution in [2.75, 3.05) is 20.1 Å². The van der Waals surface area contributed by atoms with Gasteiger partial charge in [-0.25, -0.2) is 0 Å². The number of likely N-dealkylation sites (N-methyl/N-ethyl adjacent to an activating group) is 1. The number of piperidine rings is 1. The highest BCUT2D eigenvalue weighted by molar-refractivity contribution is 5.92. The second-order valence-electron chi connectivity index (χ2n) is 10.5. The van der Waals surface area contributed by atoms with Crippen LogP contribution < -0.4 is 5.32 Å². The molecular weight excluding hydrogens is 378 g/mol. The van der Waals surface area contributed by atoms with Crippen LogP contribution in [0.15, 0.2) is 6.07 Å². The molecule has 1 aromatic heterocycles. The lowest BCUT2D eigenvalue weighted by atomic mass is 9.90. The molecule has 0 radical (unpaired) electrons. The third-order valence-corrected chi connectivity index (χ3v) is 6.95. The molecule has 0 saturated carbocycles. The first-order chi connectivity index (χ1) is 14.0. The summed E-state index contributed by atoms with van der Waals surface area (Å²) < 4.78 is 1.67. The highest BCUT2D eigenvalue weighted by Crippen LogP contribution is 2.38. The van der Waals surface area contributed by atoms with Gasteiger partial charge in [0.05, 0.1) is 12.2 Å². The number of aromatic nitrogens is 2. The summed E-state index contributed by atoms with van der Waals surface area (Å²) in [6, 6.07) is 2.79. The number of carbonyl (C=O) groups excluding carboxylic acids is 2. The topological polar surface area (TPSA) is 70.5 Å². The van der Waals surface area contributed by atoms with E-state index in [4.69, 9.17) is 0 Å². The first kappa shape index (κ1) is 22.8. The van der Waals surface area contributed by atoms with Crippen molar-refractivity contribution in [2.24, 2.45) is 13.0 Å². The Hall–Kier alpha value is -1.89. The molecule has 2 aliphatic rings. The minimum absolute atomic E-state index is 0.0475. The fraction of sp³-hybridized carbons (Fsp3) is 0.783. The molecule has 168 valence electrons. The molecule has 1 unspecified atom stereocenters. The summed E-state index contributed by atoms with van der Waals surface area (Å²) in [7, 11) is 3.72. The lowest BCUT2D eigenvalue weighted by Crippen LogP contribution is -2.52. The van der Waals surface area contributed by atoms with Crippen LogP contribution >= 0.6 is 0 Å². The number of rotatable bonds is 6. The number of hydrogen-bond acceptors (Lipinski definition) is 4. The fourth-order valence-corrected chi connectivity index (χ4v) is 4.76. The molecule has 30 heavy (non-hydrogen) atoms. The molecule has 0 aromatic carbocycles. The number of carbonyl (C=O) groups is 2. The Morgan fingerprint density at radius 3 is 2.33 bits per heavy atom. The van der Waals surface area contributed by atoms with Crippen molar-refractivity contribution in [3.8, 4) is 0 Å². The number of aryl methyl sites for hydroxylation is 1. The van der Waals surface area contributed by atoms with Gasteiger partial charge >= 0.3 is 0 Å². The molecule has 1 N–H and O–H groups in total. The Morgan fingerprint density at radius 1 is 1.23 bits per heavy atom. The Labute approximate surface area is 181 Å². The van der Waals surface area contributed by atoms with Gasteiger partial charge in [-0.15, -0.1) is 0 Å². The molecule has 2 bridgehead atoms. The zero-order valence-corrected chi connectivity index (χ0v) is 19.7. The minimum Gasteiger partial charge on any atom is -0.350 e. The maximum Gasteiger partial charge on any atom is 0.269 e. The van der Waals surface area contributed by atoms with Gasteiger partial charge in [0.1, 0.15) is 5.69 Å². The Bertz CT molecular complexity index is 765. The summed E-state index contributed by atoms with van der Waals surface area (Å²) in [4.78, 5) is 29.7. The molecule has 7 nitrogen and oxygen atoms in total. The molecular formula is C23H39N5O2. The predicted molar refractivity (Wildman–Crippen MR) is 118 cm³/mol. The summed E-state index contributed by atoms with van der Waals surface area (Å²) in [5.41, 5.74) is 1.41. The molecule has 1 aromatic rings. The van der Waals surface area contributed by atoms with E-state index >= 15 is 0 Å². The maximum absolute atomic E-state index is 12.7. The van der Waals surface area contributed by atoms with E-state index in [0.717, 1.165) is 31.4 Å². The lowest BCUT2D eigenvalue weighted by molar-refractivity contribution is -0.136. The second-order valence-corrected chi connectivity index (χ2v) is 10.5. The first-order valence-corrected chi connectivity index (χ1v) is 11.3. The van der Waals surface area contributed by atoms with Crippen molar-refractivity contribution in [3.05, 3.63) is 17.5 Å². The number of nitrogens with one attached hydrogen (secondary N) is 1. The normalized spacial score (nSPS) is 24.3. The smallest absolute Gasteiger partial charge is 0.269 e. The zero-order chi connectivity index (χ0) is 22.2. The molecule has 7 heteroatoms. The van der Waals surface area contributed by atoms with Crippen LogP contribution in [0.1, 0.15) is 82.4 Å². The van der Waals surface area contributed by atoms with E-state index in [0.29, 0.717) is 42.7 Å². The Balaban J connectivity index is 1.53. The van der Waals surface area contributed by atoms with E-state index in [1.165, 1.54) is 0 Å². The van der Waals surface area contributed by atoms with Crippen LogP contribution in [-0.2, 0) is 11.8 Å². The summed E-state index contributed by atoms with van der Waals surface area (Å²) in [5, 5.41) is 7.57. The van der Waals surface area contributed by atoms with E-state index in [1.807, 2.05) is 25.1 Å². The van der Waals surface area contributed by atoms with Gasteiger partial charge in [0.25, 0.3) is 5.91 Å². The van der Waals surface area contributed by atoms with Gasteiger partial charge in [-0.1, -0.05) is 13.8 Å². The second kappa shape index (κ2) is 8.69. The van der Waals surface area contributed by atoms with Gasteiger partial charge in [-0.2, -0.15) is 5.10 Å². The summed E-state index contributed by atoms with van der Waals surface area (Å²) in [5.74, 6) is 0.922. The van der Waals surface area contributed by atoms with Gasteiger partial charge in [0, 0.05) is 38.3 Å². The summed E-state index contributed by atoms with van der Waals surface area (Å²) in [6.45, 7) is 11.6. The predicted octanol–water partition coefficient (Wildman–Crippen LogP) is 2.77. The van der Waals surface area contributed by atoms with E-state index in [2.05, 4.69) is 49.9 Å². The monoisotopic (exact) mass is 417 g/mol. The van der Waals surface area contributed by atoms with Crippen molar-refractivity contribution in [1.82, 2.24) is 24.9 Å². The highest BCUT2D eigenvalue weighted by atomic mass is 16.2. The van der Waals surface area contributed by atoms with Crippen LogP contribution in [0.5, 0.6) is 0 Å². The molecule has 2 aliphatic heterocycles. The largest absolute Gasteiger partial charge is 0.350 e. The van der Waals surface area contributed by atoms with Gasteiger partial charge in [0.15, 0.2) is 0 Å². The zero-order valence-electron chi connectivity index (χ0n) is 19.7. The Kier molecular flexibility index (Phi) is 6.60. The van der Waals surface area contributed by atoms with Crippen molar-refractivity contribution in [2.45, 2.75) is 83.8 Å². The van der Waals surface area contributed by atoms with Crippen LogP contribution in [0.3, 0.4) is 0 Å². The number of nitrogens with zero attached hydrogens (tertiary/aromatic N) is 4. The van der Waals surface area contributed by atoms with Crippen LogP contribution in [0.25, 0.3) is 0 Å². The van der Waals surface area contributed by atoms with Crippen LogP contribution in [0.2, 0.25) is 0 Å². The SMILES string of the molecule is CC(C)c1cc(C(=O)NCC2C[C@H]3CC[C@@H](C2)N3CC(=O)N(C)C(C)(C)C)n(C)n1. The quantitative estimate of drug-likeness (QED) is 0.773. The highest BCUT2D eigenvalue weighted by Gasteiger charge is 2.42. The minimum atomic E-state index is -0.153. The van der Waals surface area contributed by atoms with Gasteiger partial charge in [0.2, 0.25) is 5.91 Å².